The zero-order chi connectivity index (χ0) is 18.4. The van der Waals surface area contributed by atoms with Gasteiger partial charge in [-0.25, -0.2) is 4.63 Å². The number of carbonyl (C=O) groups is 1. The third kappa shape index (κ3) is 2.66. The molecule has 1 amide bonds. The molecule has 0 unspecified atom stereocenters. The van der Waals surface area contributed by atoms with Gasteiger partial charge >= 0.3 is 0 Å². The zero-order valence-corrected chi connectivity index (χ0v) is 15.5. The number of rotatable bonds is 2. The van der Waals surface area contributed by atoms with Crippen molar-refractivity contribution < 1.29 is 9.42 Å². The third-order valence-corrected chi connectivity index (χ3v) is 5.12. The second-order valence-electron chi connectivity index (χ2n) is 7.18. The van der Waals surface area contributed by atoms with Gasteiger partial charge in [-0.15, -0.1) is 0 Å². The van der Waals surface area contributed by atoms with Crippen molar-refractivity contribution in [1.29, 1.82) is 0 Å². The number of hydrogen-bond donors (Lipinski definition) is 0. The molecule has 3 heterocycles. The minimum Gasteiger partial charge on any atom is -0.330 e. The van der Waals surface area contributed by atoms with Gasteiger partial charge in [0.15, 0.2) is 0 Å². The molecule has 6 nitrogen and oxygen atoms in total. The third-order valence-electron chi connectivity index (χ3n) is 5.12. The molecule has 0 saturated carbocycles. The van der Waals surface area contributed by atoms with Crippen molar-refractivity contribution in [1.82, 2.24) is 20.2 Å². The van der Waals surface area contributed by atoms with Crippen LogP contribution in [0.4, 0.5) is 0 Å². The van der Waals surface area contributed by atoms with Gasteiger partial charge in [-0.3, -0.25) is 9.78 Å². The molecule has 2 aromatic heterocycles. The lowest BCUT2D eigenvalue weighted by Crippen LogP contribution is -2.31. The summed E-state index contributed by atoms with van der Waals surface area (Å²) < 4.78 is 4.86. The van der Waals surface area contributed by atoms with Crippen LogP contribution in [0.5, 0.6) is 0 Å². The van der Waals surface area contributed by atoms with Crippen molar-refractivity contribution in [2.24, 2.45) is 0 Å². The normalized spacial score (nSPS) is 17.2. The minimum absolute atomic E-state index is 0.0235. The fraction of sp³-hybridized carbons (Fsp3) is 0.400. The highest BCUT2D eigenvalue weighted by Crippen LogP contribution is 2.34. The summed E-state index contributed by atoms with van der Waals surface area (Å²) in [5.74, 6) is 0.0235. The molecule has 1 saturated heterocycles. The van der Waals surface area contributed by atoms with Gasteiger partial charge in [0.25, 0.3) is 5.91 Å². The molecule has 26 heavy (non-hydrogen) atoms. The quantitative estimate of drug-likeness (QED) is 0.702. The SMILES string of the molecule is Cc1cc(C)c2nc(C)cc(C(=O)N3CCC[C@@H]3c3nonc3C)c2c1. The lowest BCUT2D eigenvalue weighted by molar-refractivity contribution is 0.0732. The molecule has 1 fully saturated rings. The maximum Gasteiger partial charge on any atom is 0.255 e. The molecule has 1 aliphatic rings. The molecule has 4 rings (SSSR count). The summed E-state index contributed by atoms with van der Waals surface area (Å²) in [4.78, 5) is 20.0. The maximum absolute atomic E-state index is 13.5. The van der Waals surface area contributed by atoms with Crippen molar-refractivity contribution in [2.75, 3.05) is 6.54 Å². The molecular weight excluding hydrogens is 328 g/mol. The number of carbonyl (C=O) groups excluding carboxylic acids is 1. The van der Waals surface area contributed by atoms with Crippen molar-refractivity contribution in [2.45, 2.75) is 46.6 Å². The Labute approximate surface area is 152 Å². The highest BCUT2D eigenvalue weighted by atomic mass is 16.6. The first kappa shape index (κ1) is 16.7. The fourth-order valence-corrected chi connectivity index (χ4v) is 3.98. The first-order valence-corrected chi connectivity index (χ1v) is 8.94. The molecule has 1 aromatic carbocycles. The summed E-state index contributed by atoms with van der Waals surface area (Å²) >= 11 is 0. The Hall–Kier alpha value is -2.76. The maximum atomic E-state index is 13.5. The smallest absolute Gasteiger partial charge is 0.255 e. The van der Waals surface area contributed by atoms with Gasteiger partial charge in [0, 0.05) is 17.6 Å². The predicted octanol–water partition coefficient (Wildman–Crippen LogP) is 3.83. The van der Waals surface area contributed by atoms with E-state index in [4.69, 9.17) is 4.63 Å². The van der Waals surface area contributed by atoms with Crippen molar-refractivity contribution in [3.05, 3.63) is 52.0 Å². The first-order chi connectivity index (χ1) is 12.5. The van der Waals surface area contributed by atoms with Gasteiger partial charge in [0.1, 0.15) is 11.4 Å². The van der Waals surface area contributed by atoms with Gasteiger partial charge in [0.2, 0.25) is 0 Å². The number of hydrogen-bond acceptors (Lipinski definition) is 5. The number of fused-ring (bicyclic) bond motifs is 1. The monoisotopic (exact) mass is 350 g/mol. The van der Waals surface area contributed by atoms with E-state index in [-0.39, 0.29) is 11.9 Å². The number of aryl methyl sites for hydroxylation is 4. The zero-order valence-electron chi connectivity index (χ0n) is 15.5. The van der Waals surface area contributed by atoms with E-state index in [0.29, 0.717) is 12.1 Å². The van der Waals surface area contributed by atoms with Crippen molar-refractivity contribution >= 4 is 16.8 Å². The standard InChI is InChI=1S/C20H22N4O2/c1-11-8-12(2)18-15(9-11)16(10-13(3)21-18)20(25)24-7-5-6-17(24)19-14(4)22-26-23-19/h8-10,17H,5-7H2,1-4H3/t17-/m1/s1. The molecule has 0 aliphatic carbocycles. The molecular formula is C20H22N4O2. The Kier molecular flexibility index (Phi) is 3.98. The molecule has 3 aromatic rings. The molecule has 134 valence electrons. The van der Waals surface area contributed by atoms with Crippen molar-refractivity contribution in [3.63, 3.8) is 0 Å². The second-order valence-corrected chi connectivity index (χ2v) is 7.18. The summed E-state index contributed by atoms with van der Waals surface area (Å²) in [5, 5.41) is 8.84. The number of nitrogens with zero attached hydrogens (tertiary/aromatic N) is 4. The minimum atomic E-state index is -0.0804. The van der Waals surface area contributed by atoms with E-state index < -0.39 is 0 Å². The van der Waals surface area contributed by atoms with Gasteiger partial charge in [-0.1, -0.05) is 21.9 Å². The second kappa shape index (κ2) is 6.20. The lowest BCUT2D eigenvalue weighted by atomic mass is 10.0. The summed E-state index contributed by atoms with van der Waals surface area (Å²) in [6.07, 6.45) is 1.82. The van der Waals surface area contributed by atoms with Gasteiger partial charge in [-0.05, 0) is 58.2 Å². The van der Waals surface area contributed by atoms with Crippen LogP contribution in [0.1, 0.15) is 57.5 Å². The lowest BCUT2D eigenvalue weighted by Gasteiger charge is -2.24. The predicted molar refractivity (Wildman–Crippen MR) is 98.0 cm³/mol. The summed E-state index contributed by atoms with van der Waals surface area (Å²) in [6.45, 7) is 8.60. The Balaban J connectivity index is 1.82. The number of amides is 1. The van der Waals surface area contributed by atoms with E-state index >= 15 is 0 Å². The average Bonchev–Trinajstić information content (AvgIpc) is 3.22. The summed E-state index contributed by atoms with van der Waals surface area (Å²) in [6, 6.07) is 5.97. The van der Waals surface area contributed by atoms with Crippen LogP contribution in [-0.2, 0) is 0 Å². The van der Waals surface area contributed by atoms with E-state index in [9.17, 15) is 4.79 Å². The molecule has 0 radical (unpaired) electrons. The van der Waals surface area contributed by atoms with Gasteiger partial charge in [-0.2, -0.15) is 0 Å². The van der Waals surface area contributed by atoms with Crippen LogP contribution >= 0.6 is 0 Å². The van der Waals surface area contributed by atoms with Crippen LogP contribution in [0.15, 0.2) is 22.8 Å². The summed E-state index contributed by atoms with van der Waals surface area (Å²) in [5.41, 5.74) is 6.18. The first-order valence-electron chi connectivity index (χ1n) is 8.94. The van der Waals surface area contributed by atoms with E-state index in [0.717, 1.165) is 52.0 Å². The number of likely N-dealkylation sites (tertiary alicyclic amines) is 1. The van der Waals surface area contributed by atoms with Crippen molar-refractivity contribution in [3.8, 4) is 0 Å². The van der Waals surface area contributed by atoms with Crippen LogP contribution in [-0.4, -0.2) is 32.6 Å². The van der Waals surface area contributed by atoms with E-state index in [2.05, 4.69) is 27.4 Å². The van der Waals surface area contributed by atoms with Gasteiger partial charge in [0.05, 0.1) is 17.1 Å². The molecule has 0 spiro atoms. The highest BCUT2D eigenvalue weighted by Gasteiger charge is 2.34. The fourth-order valence-electron chi connectivity index (χ4n) is 3.98. The largest absolute Gasteiger partial charge is 0.330 e. The Morgan fingerprint density at radius 1 is 1.15 bits per heavy atom. The highest BCUT2D eigenvalue weighted by molar-refractivity contribution is 6.07. The van der Waals surface area contributed by atoms with Crippen LogP contribution in [0.25, 0.3) is 10.9 Å². The Morgan fingerprint density at radius 2 is 1.96 bits per heavy atom. The van der Waals surface area contributed by atoms with E-state index in [1.807, 2.05) is 38.7 Å². The van der Waals surface area contributed by atoms with Crippen LogP contribution in [0, 0.1) is 27.7 Å². The van der Waals surface area contributed by atoms with Gasteiger partial charge < -0.3 is 4.90 Å². The Morgan fingerprint density at radius 3 is 2.69 bits per heavy atom. The molecule has 1 atom stereocenters. The number of benzene rings is 1. The van der Waals surface area contributed by atoms with E-state index in [1.54, 1.807) is 0 Å². The molecule has 0 bridgehead atoms. The average molecular weight is 350 g/mol. The van der Waals surface area contributed by atoms with E-state index in [1.165, 1.54) is 0 Å². The number of aromatic nitrogens is 3. The topological polar surface area (TPSA) is 72.1 Å². The van der Waals surface area contributed by atoms with Crippen LogP contribution < -0.4 is 0 Å². The Bertz CT molecular complexity index is 1010. The van der Waals surface area contributed by atoms with Crippen LogP contribution in [0.3, 0.4) is 0 Å². The summed E-state index contributed by atoms with van der Waals surface area (Å²) in [7, 11) is 0. The van der Waals surface area contributed by atoms with Crippen LogP contribution in [0.2, 0.25) is 0 Å². The molecule has 6 heteroatoms. The molecule has 0 N–H and O–H groups in total. The number of pyridine rings is 1. The molecule has 1 aliphatic heterocycles.